The Morgan fingerprint density at radius 2 is 2.05 bits per heavy atom. The van der Waals surface area contributed by atoms with Crippen LogP contribution in [0.15, 0.2) is 18.2 Å². The van der Waals surface area contributed by atoms with Crippen LogP contribution in [-0.2, 0) is 11.3 Å². The Kier molecular flexibility index (Phi) is 4.72. The van der Waals surface area contributed by atoms with Crippen LogP contribution in [0.1, 0.15) is 50.3 Å². The molecular formula is C16H22N2O. The smallest absolute Gasteiger partial charge is 0.240 e. The van der Waals surface area contributed by atoms with E-state index >= 15 is 0 Å². The largest absolute Gasteiger partial charge is 0.351 e. The quantitative estimate of drug-likeness (QED) is 0.901. The van der Waals surface area contributed by atoms with Crippen molar-refractivity contribution >= 4 is 5.91 Å². The second-order valence-corrected chi connectivity index (χ2v) is 5.76. The molecule has 0 aromatic heterocycles. The first kappa shape index (κ1) is 15.2. The van der Waals surface area contributed by atoms with Crippen molar-refractivity contribution in [3.8, 4) is 6.07 Å². The molecule has 3 heteroatoms. The molecule has 0 aliphatic rings. The van der Waals surface area contributed by atoms with Crippen LogP contribution < -0.4 is 5.32 Å². The third-order valence-corrected chi connectivity index (χ3v) is 3.33. The molecule has 0 bridgehead atoms. The summed E-state index contributed by atoms with van der Waals surface area (Å²) in [4.78, 5) is 11.9. The number of carbonyl (C=O) groups is 1. The SMILES string of the molecule is Cc1ccc(C(C)C)cc1CNC(=O)C(C)(C)C#N. The van der Waals surface area contributed by atoms with Crippen molar-refractivity contribution in [2.24, 2.45) is 5.41 Å². The van der Waals surface area contributed by atoms with Gasteiger partial charge in [-0.3, -0.25) is 4.79 Å². The van der Waals surface area contributed by atoms with Crippen LogP contribution in [0.5, 0.6) is 0 Å². The molecule has 0 saturated carbocycles. The van der Waals surface area contributed by atoms with Gasteiger partial charge in [0.05, 0.1) is 6.07 Å². The molecule has 0 atom stereocenters. The van der Waals surface area contributed by atoms with Crippen LogP contribution in [-0.4, -0.2) is 5.91 Å². The lowest BCUT2D eigenvalue weighted by Gasteiger charge is -2.17. The minimum Gasteiger partial charge on any atom is -0.351 e. The van der Waals surface area contributed by atoms with Gasteiger partial charge in [0.25, 0.3) is 0 Å². The first-order valence-corrected chi connectivity index (χ1v) is 6.57. The molecule has 0 unspecified atom stereocenters. The van der Waals surface area contributed by atoms with Crippen LogP contribution in [0.4, 0.5) is 0 Å². The van der Waals surface area contributed by atoms with Crippen molar-refractivity contribution in [2.75, 3.05) is 0 Å². The third kappa shape index (κ3) is 3.82. The Balaban J connectivity index is 2.81. The number of carbonyl (C=O) groups excluding carboxylic acids is 1. The summed E-state index contributed by atoms with van der Waals surface area (Å²) in [6.07, 6.45) is 0. The second kappa shape index (κ2) is 5.88. The van der Waals surface area contributed by atoms with E-state index in [0.717, 1.165) is 11.1 Å². The Labute approximate surface area is 115 Å². The van der Waals surface area contributed by atoms with Crippen molar-refractivity contribution in [1.82, 2.24) is 5.32 Å². The Morgan fingerprint density at radius 1 is 1.42 bits per heavy atom. The molecule has 1 N–H and O–H groups in total. The van der Waals surface area contributed by atoms with Gasteiger partial charge in [-0.05, 0) is 43.4 Å². The van der Waals surface area contributed by atoms with Gasteiger partial charge >= 0.3 is 0 Å². The molecular weight excluding hydrogens is 236 g/mol. The van der Waals surface area contributed by atoms with Gasteiger partial charge in [0.15, 0.2) is 0 Å². The highest BCUT2D eigenvalue weighted by Crippen LogP contribution is 2.19. The molecule has 0 fully saturated rings. The Hall–Kier alpha value is -1.82. The van der Waals surface area contributed by atoms with Gasteiger partial charge < -0.3 is 5.32 Å². The topological polar surface area (TPSA) is 52.9 Å². The zero-order valence-electron chi connectivity index (χ0n) is 12.4. The minimum absolute atomic E-state index is 0.232. The van der Waals surface area contributed by atoms with E-state index in [0.29, 0.717) is 12.5 Å². The molecule has 0 radical (unpaired) electrons. The number of rotatable bonds is 4. The van der Waals surface area contributed by atoms with E-state index in [1.165, 1.54) is 5.56 Å². The maximum Gasteiger partial charge on any atom is 0.240 e. The second-order valence-electron chi connectivity index (χ2n) is 5.76. The fourth-order valence-corrected chi connectivity index (χ4v) is 1.69. The van der Waals surface area contributed by atoms with E-state index in [9.17, 15) is 4.79 Å². The molecule has 0 heterocycles. The number of benzene rings is 1. The van der Waals surface area contributed by atoms with E-state index in [4.69, 9.17) is 5.26 Å². The summed E-state index contributed by atoms with van der Waals surface area (Å²) in [5.74, 6) is 0.231. The number of nitrogens with one attached hydrogen (secondary N) is 1. The first-order valence-electron chi connectivity index (χ1n) is 6.57. The average molecular weight is 258 g/mol. The van der Waals surface area contributed by atoms with Gasteiger partial charge in [-0.2, -0.15) is 5.26 Å². The van der Waals surface area contributed by atoms with Gasteiger partial charge in [0.1, 0.15) is 5.41 Å². The van der Waals surface area contributed by atoms with E-state index in [1.807, 2.05) is 13.0 Å². The normalized spacial score (nSPS) is 11.2. The number of hydrogen-bond donors (Lipinski definition) is 1. The van der Waals surface area contributed by atoms with Gasteiger partial charge in [0, 0.05) is 6.54 Å². The number of nitrogens with zero attached hydrogens (tertiary/aromatic N) is 1. The van der Waals surface area contributed by atoms with E-state index in [1.54, 1.807) is 13.8 Å². The lowest BCUT2D eigenvalue weighted by Crippen LogP contribution is -2.35. The van der Waals surface area contributed by atoms with Crippen LogP contribution in [0, 0.1) is 23.7 Å². The van der Waals surface area contributed by atoms with Crippen molar-refractivity contribution < 1.29 is 4.79 Å². The zero-order valence-corrected chi connectivity index (χ0v) is 12.4. The number of aryl methyl sites for hydroxylation is 1. The molecule has 0 spiro atoms. The van der Waals surface area contributed by atoms with E-state index in [-0.39, 0.29) is 5.91 Å². The molecule has 1 aromatic rings. The van der Waals surface area contributed by atoms with Gasteiger partial charge in [-0.1, -0.05) is 32.0 Å². The van der Waals surface area contributed by atoms with Crippen molar-refractivity contribution in [3.63, 3.8) is 0 Å². The van der Waals surface area contributed by atoms with E-state index in [2.05, 4.69) is 37.4 Å². The van der Waals surface area contributed by atoms with Crippen LogP contribution in [0.25, 0.3) is 0 Å². The number of nitriles is 1. The summed E-state index contributed by atoms with van der Waals surface area (Å²) in [6, 6.07) is 8.33. The van der Waals surface area contributed by atoms with Gasteiger partial charge in [-0.25, -0.2) is 0 Å². The molecule has 1 aromatic carbocycles. The maximum atomic E-state index is 11.9. The maximum absolute atomic E-state index is 11.9. The molecule has 0 aliphatic heterocycles. The Bertz CT molecular complexity index is 510. The lowest BCUT2D eigenvalue weighted by molar-refractivity contribution is -0.126. The summed E-state index contributed by atoms with van der Waals surface area (Å²) in [5, 5.41) is 11.8. The van der Waals surface area contributed by atoms with Crippen LogP contribution in [0.2, 0.25) is 0 Å². The molecule has 3 nitrogen and oxygen atoms in total. The summed E-state index contributed by atoms with van der Waals surface area (Å²) in [5.41, 5.74) is 2.53. The number of amides is 1. The average Bonchev–Trinajstić information content (AvgIpc) is 2.36. The van der Waals surface area contributed by atoms with Crippen molar-refractivity contribution in [3.05, 3.63) is 34.9 Å². The summed E-state index contributed by atoms with van der Waals surface area (Å²) in [7, 11) is 0. The molecule has 19 heavy (non-hydrogen) atoms. The van der Waals surface area contributed by atoms with Crippen LogP contribution >= 0.6 is 0 Å². The van der Waals surface area contributed by atoms with E-state index < -0.39 is 5.41 Å². The summed E-state index contributed by atoms with van der Waals surface area (Å²) in [6.45, 7) is 10.0. The molecule has 0 aliphatic carbocycles. The predicted octanol–water partition coefficient (Wildman–Crippen LogP) is 3.28. The van der Waals surface area contributed by atoms with Gasteiger partial charge in [0.2, 0.25) is 5.91 Å². The standard InChI is InChI=1S/C16H22N2O/c1-11(2)13-7-6-12(3)14(8-13)9-18-15(19)16(4,5)10-17/h6-8,11H,9H2,1-5H3,(H,18,19). The fraction of sp³-hybridized carbons (Fsp3) is 0.500. The predicted molar refractivity (Wildman–Crippen MR) is 76.5 cm³/mol. The molecule has 0 saturated heterocycles. The Morgan fingerprint density at radius 3 is 2.58 bits per heavy atom. The van der Waals surface area contributed by atoms with Crippen molar-refractivity contribution in [1.29, 1.82) is 5.26 Å². The first-order chi connectivity index (χ1) is 8.77. The minimum atomic E-state index is -0.983. The third-order valence-electron chi connectivity index (χ3n) is 3.33. The monoisotopic (exact) mass is 258 g/mol. The highest BCUT2D eigenvalue weighted by Gasteiger charge is 2.26. The summed E-state index contributed by atoms with van der Waals surface area (Å²) < 4.78 is 0. The highest BCUT2D eigenvalue weighted by molar-refractivity contribution is 5.84. The molecule has 102 valence electrons. The molecule has 1 rings (SSSR count). The van der Waals surface area contributed by atoms with Crippen LogP contribution in [0.3, 0.4) is 0 Å². The summed E-state index contributed by atoms with van der Waals surface area (Å²) >= 11 is 0. The van der Waals surface area contributed by atoms with Crippen molar-refractivity contribution in [2.45, 2.75) is 47.1 Å². The molecule has 1 amide bonds. The lowest BCUT2D eigenvalue weighted by atomic mass is 9.94. The number of hydrogen-bond acceptors (Lipinski definition) is 2. The highest BCUT2D eigenvalue weighted by atomic mass is 16.2. The zero-order chi connectivity index (χ0) is 14.6. The van der Waals surface area contributed by atoms with Gasteiger partial charge in [-0.15, -0.1) is 0 Å². The fourth-order valence-electron chi connectivity index (χ4n) is 1.69.